The minimum Gasteiger partial charge on any atom is -0.360 e. The van der Waals surface area contributed by atoms with Crippen molar-refractivity contribution in [3.8, 4) is 0 Å². The van der Waals surface area contributed by atoms with Gasteiger partial charge in [0.2, 0.25) is 0 Å². The minimum atomic E-state index is 0.0860. The van der Waals surface area contributed by atoms with Gasteiger partial charge in [0.25, 0.3) is 0 Å². The fourth-order valence-electron chi connectivity index (χ4n) is 3.19. The SMILES string of the molecule is O=C(c1ccc2c(c1)CCC2)c1c[nH]c2cccc(Br)c12. The molecule has 1 aliphatic carbocycles. The Morgan fingerprint density at radius 1 is 1.10 bits per heavy atom. The molecule has 3 aromatic rings. The first-order valence-corrected chi connectivity index (χ1v) is 7.95. The molecule has 1 N–H and O–H groups in total. The molecule has 4 rings (SSSR count). The van der Waals surface area contributed by atoms with Crippen LogP contribution in [-0.2, 0) is 12.8 Å². The van der Waals surface area contributed by atoms with E-state index >= 15 is 0 Å². The number of halogens is 1. The molecule has 1 heterocycles. The van der Waals surface area contributed by atoms with Gasteiger partial charge < -0.3 is 4.98 Å². The Balaban J connectivity index is 1.83. The van der Waals surface area contributed by atoms with Crippen molar-refractivity contribution in [3.05, 3.63) is 69.3 Å². The number of nitrogens with one attached hydrogen (secondary N) is 1. The Bertz CT molecular complexity index is 863. The largest absolute Gasteiger partial charge is 0.360 e. The van der Waals surface area contributed by atoms with Crippen LogP contribution >= 0.6 is 15.9 Å². The number of ketones is 1. The zero-order valence-electron chi connectivity index (χ0n) is 11.4. The molecule has 2 nitrogen and oxygen atoms in total. The third kappa shape index (κ3) is 2.04. The molecule has 0 radical (unpaired) electrons. The van der Waals surface area contributed by atoms with Crippen LogP contribution in [0, 0.1) is 0 Å². The quantitative estimate of drug-likeness (QED) is 0.677. The van der Waals surface area contributed by atoms with E-state index in [1.807, 2.05) is 30.5 Å². The molecular formula is C18H14BrNO. The molecule has 1 aromatic heterocycles. The monoisotopic (exact) mass is 339 g/mol. The Labute approximate surface area is 131 Å². The van der Waals surface area contributed by atoms with Gasteiger partial charge in [-0.2, -0.15) is 0 Å². The zero-order chi connectivity index (χ0) is 14.4. The van der Waals surface area contributed by atoms with Crippen molar-refractivity contribution in [2.24, 2.45) is 0 Å². The Hall–Kier alpha value is -1.87. The van der Waals surface area contributed by atoms with Crippen molar-refractivity contribution in [2.75, 3.05) is 0 Å². The van der Waals surface area contributed by atoms with Crippen LogP contribution in [0.3, 0.4) is 0 Å². The van der Waals surface area contributed by atoms with E-state index in [0.29, 0.717) is 0 Å². The first kappa shape index (κ1) is 12.8. The summed E-state index contributed by atoms with van der Waals surface area (Å²) in [6.07, 6.45) is 5.24. The van der Waals surface area contributed by atoms with Gasteiger partial charge in [-0.3, -0.25) is 4.79 Å². The molecule has 0 unspecified atom stereocenters. The van der Waals surface area contributed by atoms with Gasteiger partial charge >= 0.3 is 0 Å². The van der Waals surface area contributed by atoms with E-state index in [-0.39, 0.29) is 5.78 Å². The minimum absolute atomic E-state index is 0.0860. The molecule has 2 aromatic carbocycles. The lowest BCUT2D eigenvalue weighted by Crippen LogP contribution is -2.01. The molecule has 3 heteroatoms. The van der Waals surface area contributed by atoms with Gasteiger partial charge in [-0.25, -0.2) is 0 Å². The molecular weight excluding hydrogens is 326 g/mol. The van der Waals surface area contributed by atoms with Gasteiger partial charge in [0.1, 0.15) is 0 Å². The van der Waals surface area contributed by atoms with Crippen LogP contribution in [0.25, 0.3) is 10.9 Å². The Morgan fingerprint density at radius 2 is 1.95 bits per heavy atom. The molecule has 0 aliphatic heterocycles. The first-order valence-electron chi connectivity index (χ1n) is 7.16. The highest BCUT2D eigenvalue weighted by molar-refractivity contribution is 9.10. The number of hydrogen-bond acceptors (Lipinski definition) is 1. The number of hydrogen-bond donors (Lipinski definition) is 1. The van der Waals surface area contributed by atoms with E-state index in [1.165, 1.54) is 17.5 Å². The van der Waals surface area contributed by atoms with Crippen LogP contribution < -0.4 is 0 Å². The predicted molar refractivity (Wildman–Crippen MR) is 87.9 cm³/mol. The Kier molecular flexibility index (Phi) is 2.96. The van der Waals surface area contributed by atoms with Gasteiger partial charge in [0, 0.05) is 32.7 Å². The fraction of sp³-hybridized carbons (Fsp3) is 0.167. The van der Waals surface area contributed by atoms with E-state index in [2.05, 4.69) is 33.0 Å². The number of carbonyl (C=O) groups is 1. The predicted octanol–water partition coefficient (Wildman–Crippen LogP) is 4.65. The maximum atomic E-state index is 12.8. The summed E-state index contributed by atoms with van der Waals surface area (Å²) < 4.78 is 0.950. The second-order valence-corrected chi connectivity index (χ2v) is 6.39. The van der Waals surface area contributed by atoms with Crippen molar-refractivity contribution in [2.45, 2.75) is 19.3 Å². The summed E-state index contributed by atoms with van der Waals surface area (Å²) in [4.78, 5) is 16.0. The molecule has 0 fully saturated rings. The fourth-order valence-corrected chi connectivity index (χ4v) is 3.77. The van der Waals surface area contributed by atoms with Crippen molar-refractivity contribution >= 4 is 32.6 Å². The molecule has 0 atom stereocenters. The van der Waals surface area contributed by atoms with Crippen molar-refractivity contribution in [1.29, 1.82) is 0 Å². The number of H-pyrrole nitrogens is 1. The van der Waals surface area contributed by atoms with Crippen LogP contribution in [0.1, 0.15) is 33.5 Å². The van der Waals surface area contributed by atoms with Gasteiger partial charge in [-0.15, -0.1) is 0 Å². The van der Waals surface area contributed by atoms with Crippen LogP contribution in [-0.4, -0.2) is 10.8 Å². The normalized spacial score (nSPS) is 13.6. The smallest absolute Gasteiger partial charge is 0.195 e. The summed E-state index contributed by atoms with van der Waals surface area (Å²) in [5.74, 6) is 0.0860. The van der Waals surface area contributed by atoms with Gasteiger partial charge in [-0.1, -0.05) is 34.1 Å². The lowest BCUT2D eigenvalue weighted by molar-refractivity contribution is 0.104. The number of aromatic amines is 1. The van der Waals surface area contributed by atoms with E-state index in [9.17, 15) is 4.79 Å². The van der Waals surface area contributed by atoms with Crippen molar-refractivity contribution < 1.29 is 4.79 Å². The van der Waals surface area contributed by atoms with Crippen LogP contribution in [0.15, 0.2) is 47.1 Å². The second-order valence-electron chi connectivity index (χ2n) is 5.53. The molecule has 1 aliphatic rings. The van der Waals surface area contributed by atoms with E-state index in [0.717, 1.165) is 39.3 Å². The summed E-state index contributed by atoms with van der Waals surface area (Å²) in [6.45, 7) is 0. The topological polar surface area (TPSA) is 32.9 Å². The lowest BCUT2D eigenvalue weighted by atomic mass is 9.99. The summed E-state index contributed by atoms with van der Waals surface area (Å²) >= 11 is 3.55. The lowest BCUT2D eigenvalue weighted by Gasteiger charge is -2.04. The molecule has 0 spiro atoms. The van der Waals surface area contributed by atoms with Gasteiger partial charge in [0.15, 0.2) is 5.78 Å². The van der Waals surface area contributed by atoms with E-state index in [4.69, 9.17) is 0 Å². The maximum Gasteiger partial charge on any atom is 0.195 e. The molecule has 0 saturated carbocycles. The Morgan fingerprint density at radius 3 is 2.86 bits per heavy atom. The average Bonchev–Trinajstić information content (AvgIpc) is 3.13. The highest BCUT2D eigenvalue weighted by Crippen LogP contribution is 2.30. The average molecular weight is 340 g/mol. The van der Waals surface area contributed by atoms with E-state index < -0.39 is 0 Å². The number of aromatic nitrogens is 1. The maximum absolute atomic E-state index is 12.8. The van der Waals surface area contributed by atoms with Crippen LogP contribution in [0.5, 0.6) is 0 Å². The second kappa shape index (κ2) is 4.85. The van der Waals surface area contributed by atoms with Crippen LogP contribution in [0.2, 0.25) is 0 Å². The summed E-state index contributed by atoms with van der Waals surface area (Å²) in [5.41, 5.74) is 5.23. The number of carbonyl (C=O) groups excluding carboxylic acids is 1. The van der Waals surface area contributed by atoms with Crippen LogP contribution in [0.4, 0.5) is 0 Å². The molecule has 21 heavy (non-hydrogen) atoms. The molecule has 104 valence electrons. The van der Waals surface area contributed by atoms with Gasteiger partial charge in [0.05, 0.1) is 0 Å². The molecule has 0 amide bonds. The standard InChI is InChI=1S/C18H14BrNO/c19-15-5-2-6-16-17(15)14(10-20-16)18(21)13-8-7-11-3-1-4-12(11)9-13/h2,5-10,20H,1,3-4H2. The first-order chi connectivity index (χ1) is 10.2. The third-order valence-electron chi connectivity index (χ3n) is 4.26. The zero-order valence-corrected chi connectivity index (χ0v) is 13.0. The summed E-state index contributed by atoms with van der Waals surface area (Å²) in [6, 6.07) is 12.1. The summed E-state index contributed by atoms with van der Waals surface area (Å²) in [7, 11) is 0. The van der Waals surface area contributed by atoms with Gasteiger partial charge in [-0.05, 0) is 48.6 Å². The number of rotatable bonds is 2. The van der Waals surface area contributed by atoms with E-state index in [1.54, 1.807) is 0 Å². The number of aryl methyl sites for hydroxylation is 2. The highest BCUT2D eigenvalue weighted by atomic mass is 79.9. The molecule has 0 saturated heterocycles. The number of fused-ring (bicyclic) bond motifs is 2. The van der Waals surface area contributed by atoms with Crippen molar-refractivity contribution in [3.63, 3.8) is 0 Å². The highest BCUT2D eigenvalue weighted by Gasteiger charge is 2.18. The number of benzene rings is 2. The third-order valence-corrected chi connectivity index (χ3v) is 4.92. The van der Waals surface area contributed by atoms with Crippen molar-refractivity contribution in [1.82, 2.24) is 4.98 Å². The molecule has 0 bridgehead atoms. The summed E-state index contributed by atoms with van der Waals surface area (Å²) in [5, 5.41) is 0.961.